The van der Waals surface area contributed by atoms with Crippen molar-refractivity contribution in [2.75, 3.05) is 19.7 Å². The SMILES string of the molecule is O=C([C@H]1CN(C2CCCC2)Cc2ccnn21)N1CCCO1. The summed E-state index contributed by atoms with van der Waals surface area (Å²) in [5.74, 6) is 0.0557. The molecule has 1 aromatic rings. The van der Waals surface area contributed by atoms with Crippen LogP contribution in [0.25, 0.3) is 0 Å². The predicted molar refractivity (Wildman–Crippen MR) is 76.2 cm³/mol. The number of hydroxylamine groups is 2. The number of rotatable bonds is 2. The molecule has 1 amide bonds. The summed E-state index contributed by atoms with van der Waals surface area (Å²) in [6, 6.07) is 2.43. The lowest BCUT2D eigenvalue weighted by atomic mass is 10.1. The maximum atomic E-state index is 12.7. The van der Waals surface area contributed by atoms with Crippen molar-refractivity contribution in [3.05, 3.63) is 18.0 Å². The third-order valence-electron chi connectivity index (χ3n) is 4.94. The quantitative estimate of drug-likeness (QED) is 0.825. The van der Waals surface area contributed by atoms with Crippen LogP contribution in [0.2, 0.25) is 0 Å². The lowest BCUT2D eigenvalue weighted by Crippen LogP contribution is -2.48. The number of hydrogen-bond acceptors (Lipinski definition) is 4. The van der Waals surface area contributed by atoms with Crippen LogP contribution in [0.15, 0.2) is 12.3 Å². The van der Waals surface area contributed by atoms with E-state index in [0.29, 0.717) is 19.2 Å². The fourth-order valence-electron chi connectivity index (χ4n) is 3.84. The fourth-order valence-corrected chi connectivity index (χ4v) is 3.84. The molecule has 2 aliphatic heterocycles. The van der Waals surface area contributed by atoms with Gasteiger partial charge in [-0.3, -0.25) is 19.2 Å². The molecular formula is C15H22N4O2. The van der Waals surface area contributed by atoms with Crippen molar-refractivity contribution in [1.82, 2.24) is 19.7 Å². The molecule has 0 unspecified atom stereocenters. The first-order valence-corrected chi connectivity index (χ1v) is 8.03. The van der Waals surface area contributed by atoms with Crippen LogP contribution in [0.4, 0.5) is 0 Å². The van der Waals surface area contributed by atoms with Gasteiger partial charge in [0.05, 0.1) is 18.8 Å². The summed E-state index contributed by atoms with van der Waals surface area (Å²) >= 11 is 0. The summed E-state index contributed by atoms with van der Waals surface area (Å²) in [4.78, 5) is 20.7. The Morgan fingerprint density at radius 1 is 1.29 bits per heavy atom. The van der Waals surface area contributed by atoms with E-state index in [2.05, 4.69) is 10.00 Å². The number of carbonyl (C=O) groups excluding carboxylic acids is 1. The second kappa shape index (κ2) is 5.42. The van der Waals surface area contributed by atoms with Gasteiger partial charge in [-0.25, -0.2) is 5.06 Å². The van der Waals surface area contributed by atoms with Gasteiger partial charge < -0.3 is 0 Å². The normalized spacial score (nSPS) is 27.2. The third kappa shape index (κ3) is 2.36. The summed E-state index contributed by atoms with van der Waals surface area (Å²) in [5.41, 5.74) is 1.14. The minimum absolute atomic E-state index is 0.0557. The van der Waals surface area contributed by atoms with E-state index < -0.39 is 0 Å². The molecule has 4 rings (SSSR count). The minimum Gasteiger partial charge on any atom is -0.292 e. The van der Waals surface area contributed by atoms with Gasteiger partial charge in [-0.15, -0.1) is 0 Å². The summed E-state index contributed by atoms with van der Waals surface area (Å²) in [7, 11) is 0. The predicted octanol–water partition coefficient (Wildman–Crippen LogP) is 1.35. The van der Waals surface area contributed by atoms with Crippen LogP contribution in [-0.4, -0.2) is 51.4 Å². The Kier molecular flexibility index (Phi) is 3.43. The first-order valence-electron chi connectivity index (χ1n) is 8.03. The van der Waals surface area contributed by atoms with Gasteiger partial charge in [0.2, 0.25) is 0 Å². The van der Waals surface area contributed by atoms with E-state index in [1.165, 1.54) is 30.7 Å². The van der Waals surface area contributed by atoms with Crippen molar-refractivity contribution in [3.63, 3.8) is 0 Å². The minimum atomic E-state index is -0.234. The second-order valence-electron chi connectivity index (χ2n) is 6.28. The molecule has 6 heteroatoms. The molecule has 1 aromatic heterocycles. The molecular weight excluding hydrogens is 268 g/mol. The lowest BCUT2D eigenvalue weighted by Gasteiger charge is -2.37. The van der Waals surface area contributed by atoms with Crippen LogP contribution in [0.5, 0.6) is 0 Å². The third-order valence-corrected chi connectivity index (χ3v) is 4.94. The monoisotopic (exact) mass is 290 g/mol. The standard InChI is InChI=1S/C15H22N4O2/c20-15(18-8-3-9-21-18)14-11-17(12-4-1-2-5-12)10-13-6-7-16-19(13)14/h6-7,12,14H,1-5,8-11H2/t14-/m1/s1. The average Bonchev–Trinajstić information content (AvgIpc) is 3.26. The number of fused-ring (bicyclic) bond motifs is 1. The highest BCUT2D eigenvalue weighted by Crippen LogP contribution is 2.30. The maximum absolute atomic E-state index is 12.7. The van der Waals surface area contributed by atoms with Crippen molar-refractivity contribution in [3.8, 4) is 0 Å². The molecule has 1 saturated carbocycles. The first kappa shape index (κ1) is 13.3. The fraction of sp³-hybridized carbons (Fsp3) is 0.733. The number of hydrogen-bond donors (Lipinski definition) is 0. The van der Waals surface area contributed by atoms with E-state index in [-0.39, 0.29) is 11.9 Å². The molecule has 114 valence electrons. The van der Waals surface area contributed by atoms with E-state index in [1.807, 2.05) is 10.7 Å². The molecule has 1 saturated heterocycles. The van der Waals surface area contributed by atoms with Gasteiger partial charge in [-0.2, -0.15) is 5.10 Å². The topological polar surface area (TPSA) is 50.6 Å². The van der Waals surface area contributed by atoms with E-state index in [9.17, 15) is 4.79 Å². The van der Waals surface area contributed by atoms with Crippen LogP contribution in [0.3, 0.4) is 0 Å². The molecule has 3 aliphatic rings. The van der Waals surface area contributed by atoms with Gasteiger partial charge in [-0.05, 0) is 25.3 Å². The van der Waals surface area contributed by atoms with Gasteiger partial charge in [0.1, 0.15) is 6.04 Å². The van der Waals surface area contributed by atoms with Gasteiger partial charge in [0.15, 0.2) is 0 Å². The smallest absolute Gasteiger partial charge is 0.272 e. The van der Waals surface area contributed by atoms with E-state index in [0.717, 1.165) is 25.2 Å². The lowest BCUT2D eigenvalue weighted by molar-refractivity contribution is -0.174. The van der Waals surface area contributed by atoms with E-state index >= 15 is 0 Å². The van der Waals surface area contributed by atoms with Crippen molar-refractivity contribution in [2.24, 2.45) is 0 Å². The summed E-state index contributed by atoms with van der Waals surface area (Å²) in [6.45, 7) is 3.03. The van der Waals surface area contributed by atoms with Crippen LogP contribution in [0, 0.1) is 0 Å². The maximum Gasteiger partial charge on any atom is 0.272 e. The van der Waals surface area contributed by atoms with Crippen LogP contribution in [0.1, 0.15) is 43.8 Å². The summed E-state index contributed by atoms with van der Waals surface area (Å²) in [5, 5.41) is 5.91. The summed E-state index contributed by atoms with van der Waals surface area (Å²) < 4.78 is 1.90. The zero-order valence-electron chi connectivity index (χ0n) is 12.3. The zero-order valence-corrected chi connectivity index (χ0v) is 12.3. The molecule has 0 radical (unpaired) electrons. The second-order valence-corrected chi connectivity index (χ2v) is 6.28. The van der Waals surface area contributed by atoms with Crippen molar-refractivity contribution in [2.45, 2.75) is 50.7 Å². The Morgan fingerprint density at radius 2 is 2.14 bits per heavy atom. The summed E-state index contributed by atoms with van der Waals surface area (Å²) in [6.07, 6.45) is 7.88. The molecule has 1 aliphatic carbocycles. The van der Waals surface area contributed by atoms with Gasteiger partial charge >= 0.3 is 0 Å². The zero-order chi connectivity index (χ0) is 14.2. The van der Waals surface area contributed by atoms with Crippen molar-refractivity contribution >= 4 is 5.91 Å². The van der Waals surface area contributed by atoms with E-state index in [1.54, 1.807) is 6.20 Å². The van der Waals surface area contributed by atoms with Crippen LogP contribution < -0.4 is 0 Å². The number of amides is 1. The molecule has 0 N–H and O–H groups in total. The highest BCUT2D eigenvalue weighted by Gasteiger charge is 2.37. The molecule has 0 aromatic carbocycles. The number of carbonyl (C=O) groups is 1. The van der Waals surface area contributed by atoms with Crippen molar-refractivity contribution < 1.29 is 9.63 Å². The molecule has 3 heterocycles. The van der Waals surface area contributed by atoms with Crippen molar-refractivity contribution in [1.29, 1.82) is 0 Å². The first-order chi connectivity index (χ1) is 10.3. The Hall–Kier alpha value is -1.40. The van der Waals surface area contributed by atoms with Gasteiger partial charge in [0.25, 0.3) is 5.91 Å². The largest absolute Gasteiger partial charge is 0.292 e. The van der Waals surface area contributed by atoms with Crippen LogP contribution >= 0.6 is 0 Å². The molecule has 1 atom stereocenters. The molecule has 0 spiro atoms. The Morgan fingerprint density at radius 3 is 2.90 bits per heavy atom. The Bertz CT molecular complexity index is 517. The number of nitrogens with zero attached hydrogens (tertiary/aromatic N) is 4. The molecule has 6 nitrogen and oxygen atoms in total. The Balaban J connectivity index is 1.58. The van der Waals surface area contributed by atoms with Crippen LogP contribution in [-0.2, 0) is 16.2 Å². The Labute approximate surface area is 124 Å². The van der Waals surface area contributed by atoms with E-state index in [4.69, 9.17) is 4.84 Å². The average molecular weight is 290 g/mol. The highest BCUT2D eigenvalue weighted by molar-refractivity contribution is 5.80. The molecule has 0 bridgehead atoms. The van der Waals surface area contributed by atoms with Gasteiger partial charge in [-0.1, -0.05) is 12.8 Å². The number of aromatic nitrogens is 2. The van der Waals surface area contributed by atoms with Gasteiger partial charge in [0, 0.05) is 25.3 Å². The highest BCUT2D eigenvalue weighted by atomic mass is 16.7. The molecule has 21 heavy (non-hydrogen) atoms. The molecule has 2 fully saturated rings.